The molecule has 0 saturated heterocycles. The van der Waals surface area contributed by atoms with Crippen molar-refractivity contribution >= 4 is 0 Å². The van der Waals surface area contributed by atoms with Crippen LogP contribution in [-0.2, 0) is 4.74 Å². The minimum absolute atomic E-state index is 0.338. The van der Waals surface area contributed by atoms with Crippen molar-refractivity contribution in [3.63, 3.8) is 0 Å². The van der Waals surface area contributed by atoms with Crippen LogP contribution in [0.15, 0.2) is 11.8 Å². The summed E-state index contributed by atoms with van der Waals surface area (Å²) in [6, 6.07) is 0. The van der Waals surface area contributed by atoms with E-state index in [1.807, 2.05) is 13.3 Å². The number of methoxy groups -OCH3 is 1. The van der Waals surface area contributed by atoms with Crippen LogP contribution in [0.1, 0.15) is 19.8 Å². The van der Waals surface area contributed by atoms with Gasteiger partial charge in [0, 0.05) is 5.54 Å². The molecule has 0 unspecified atom stereocenters. The van der Waals surface area contributed by atoms with Gasteiger partial charge in [-0.3, -0.25) is 0 Å². The van der Waals surface area contributed by atoms with Crippen molar-refractivity contribution in [2.24, 2.45) is 0 Å². The Kier molecular flexibility index (Phi) is 2.00. The van der Waals surface area contributed by atoms with Gasteiger partial charge in [0.15, 0.2) is 0 Å². The lowest BCUT2D eigenvalue weighted by molar-refractivity contribution is 0.269. The van der Waals surface area contributed by atoms with Gasteiger partial charge in [-0.05, 0) is 32.4 Å². The van der Waals surface area contributed by atoms with Crippen LogP contribution in [-0.4, -0.2) is 19.7 Å². The minimum Gasteiger partial charge on any atom is -0.504 e. The van der Waals surface area contributed by atoms with Gasteiger partial charge in [-0.1, -0.05) is 0 Å². The molecule has 0 bridgehead atoms. The van der Waals surface area contributed by atoms with Crippen LogP contribution < -0.4 is 5.32 Å². The summed E-state index contributed by atoms with van der Waals surface area (Å²) in [5.74, 6) is 0. The first-order chi connectivity index (χ1) is 4.70. The molecule has 0 aliphatic heterocycles. The highest BCUT2D eigenvalue weighted by Crippen LogP contribution is 2.36. The molecule has 1 saturated carbocycles. The van der Waals surface area contributed by atoms with E-state index in [2.05, 4.69) is 12.2 Å². The molecule has 0 aromatic rings. The second-order valence-electron chi connectivity index (χ2n) is 3.18. The molecule has 1 aliphatic carbocycles. The highest BCUT2D eigenvalue weighted by Gasteiger charge is 2.34. The molecular weight excluding hydrogens is 126 g/mol. The van der Waals surface area contributed by atoms with E-state index in [4.69, 9.17) is 4.74 Å². The lowest BCUT2D eigenvalue weighted by Crippen LogP contribution is -2.47. The average Bonchev–Trinajstić information content (AvgIpc) is 1.85. The average molecular weight is 141 g/mol. The number of nitrogens with one attached hydrogen (secondary N) is 1. The van der Waals surface area contributed by atoms with E-state index in [1.165, 1.54) is 5.57 Å². The van der Waals surface area contributed by atoms with Gasteiger partial charge < -0.3 is 10.1 Å². The summed E-state index contributed by atoms with van der Waals surface area (Å²) in [5, 5.41) is 3.27. The zero-order chi connectivity index (χ0) is 7.61. The summed E-state index contributed by atoms with van der Waals surface area (Å²) in [4.78, 5) is 0. The largest absolute Gasteiger partial charge is 0.504 e. The molecule has 0 spiro atoms. The molecule has 0 heterocycles. The monoisotopic (exact) mass is 141 g/mol. The predicted molar refractivity (Wildman–Crippen MR) is 41.8 cm³/mol. The summed E-state index contributed by atoms with van der Waals surface area (Å²) in [6.07, 6.45) is 4.09. The summed E-state index contributed by atoms with van der Waals surface area (Å²) >= 11 is 0. The molecule has 1 rings (SSSR count). The van der Waals surface area contributed by atoms with Gasteiger partial charge in [0.1, 0.15) is 0 Å². The van der Waals surface area contributed by atoms with Gasteiger partial charge in [0.2, 0.25) is 0 Å². The van der Waals surface area contributed by atoms with Crippen LogP contribution >= 0.6 is 0 Å². The Labute approximate surface area is 62.3 Å². The first-order valence-corrected chi connectivity index (χ1v) is 3.60. The van der Waals surface area contributed by atoms with Crippen LogP contribution in [0.3, 0.4) is 0 Å². The SMILES string of the molecule is CNC1(C)CC(=COC)C1. The van der Waals surface area contributed by atoms with Crippen LogP contribution in [0.5, 0.6) is 0 Å². The fraction of sp³-hybridized carbons (Fsp3) is 0.750. The Bertz CT molecular complexity index is 143. The second kappa shape index (κ2) is 2.62. The lowest BCUT2D eigenvalue weighted by Gasteiger charge is -2.40. The summed E-state index contributed by atoms with van der Waals surface area (Å²) in [7, 11) is 3.70. The Morgan fingerprint density at radius 3 is 2.60 bits per heavy atom. The molecule has 1 fully saturated rings. The molecule has 58 valence electrons. The molecule has 0 atom stereocenters. The van der Waals surface area contributed by atoms with Crippen molar-refractivity contribution in [2.75, 3.05) is 14.2 Å². The first-order valence-electron chi connectivity index (χ1n) is 3.60. The number of ether oxygens (including phenoxy) is 1. The Morgan fingerprint density at radius 1 is 1.60 bits per heavy atom. The van der Waals surface area contributed by atoms with Gasteiger partial charge in [0.05, 0.1) is 13.4 Å². The summed E-state index contributed by atoms with van der Waals surface area (Å²) in [5.41, 5.74) is 1.74. The fourth-order valence-corrected chi connectivity index (χ4v) is 1.38. The van der Waals surface area contributed by atoms with Gasteiger partial charge in [0.25, 0.3) is 0 Å². The Hall–Kier alpha value is -0.500. The molecule has 1 aliphatic rings. The van der Waals surface area contributed by atoms with E-state index >= 15 is 0 Å². The normalized spacial score (nSPS) is 31.3. The molecule has 0 amide bonds. The van der Waals surface area contributed by atoms with E-state index in [0.29, 0.717) is 5.54 Å². The van der Waals surface area contributed by atoms with E-state index in [9.17, 15) is 0 Å². The third-order valence-corrected chi connectivity index (χ3v) is 2.12. The maximum atomic E-state index is 4.89. The smallest absolute Gasteiger partial charge is 0.0817 e. The Balaban J connectivity index is 2.36. The summed E-state index contributed by atoms with van der Waals surface area (Å²) in [6.45, 7) is 2.22. The molecule has 2 nitrogen and oxygen atoms in total. The van der Waals surface area contributed by atoms with Crippen molar-refractivity contribution in [3.8, 4) is 0 Å². The molecule has 1 N–H and O–H groups in total. The third-order valence-electron chi connectivity index (χ3n) is 2.12. The topological polar surface area (TPSA) is 21.3 Å². The zero-order valence-corrected chi connectivity index (χ0v) is 6.90. The van der Waals surface area contributed by atoms with Crippen LogP contribution in [0.2, 0.25) is 0 Å². The third kappa shape index (κ3) is 1.32. The predicted octanol–water partition coefficient (Wildman–Crippen LogP) is 1.29. The Morgan fingerprint density at radius 2 is 2.20 bits per heavy atom. The molecule has 2 heteroatoms. The quantitative estimate of drug-likeness (QED) is 0.585. The van der Waals surface area contributed by atoms with E-state index in [-0.39, 0.29) is 0 Å². The first kappa shape index (κ1) is 7.61. The number of hydrogen-bond acceptors (Lipinski definition) is 2. The maximum absolute atomic E-state index is 4.89. The molecule has 0 aromatic heterocycles. The van der Waals surface area contributed by atoms with E-state index < -0.39 is 0 Å². The van der Waals surface area contributed by atoms with Crippen molar-refractivity contribution in [1.82, 2.24) is 5.32 Å². The van der Waals surface area contributed by atoms with Crippen molar-refractivity contribution in [1.29, 1.82) is 0 Å². The highest BCUT2D eigenvalue weighted by atomic mass is 16.5. The minimum atomic E-state index is 0.338. The fourth-order valence-electron chi connectivity index (χ4n) is 1.38. The summed E-state index contributed by atoms with van der Waals surface area (Å²) < 4.78 is 4.89. The standard InChI is InChI=1S/C8H15NO/c1-8(9-2)4-7(5-8)6-10-3/h6,9H,4-5H2,1-3H3. The molecule has 0 aromatic carbocycles. The zero-order valence-electron chi connectivity index (χ0n) is 6.90. The molecular formula is C8H15NO. The van der Waals surface area contributed by atoms with Gasteiger partial charge in [-0.2, -0.15) is 0 Å². The molecule has 10 heavy (non-hydrogen) atoms. The van der Waals surface area contributed by atoms with Gasteiger partial charge >= 0.3 is 0 Å². The highest BCUT2D eigenvalue weighted by molar-refractivity contribution is 5.19. The maximum Gasteiger partial charge on any atom is 0.0817 e. The van der Waals surface area contributed by atoms with Crippen LogP contribution in [0.25, 0.3) is 0 Å². The van der Waals surface area contributed by atoms with Crippen molar-refractivity contribution in [3.05, 3.63) is 11.8 Å². The second-order valence-corrected chi connectivity index (χ2v) is 3.18. The van der Waals surface area contributed by atoms with Crippen molar-refractivity contribution < 1.29 is 4.74 Å². The number of hydrogen-bond donors (Lipinski definition) is 1. The van der Waals surface area contributed by atoms with Gasteiger partial charge in [-0.15, -0.1) is 0 Å². The molecule has 0 radical (unpaired) electrons. The van der Waals surface area contributed by atoms with E-state index in [0.717, 1.165) is 12.8 Å². The van der Waals surface area contributed by atoms with Crippen molar-refractivity contribution in [2.45, 2.75) is 25.3 Å². The van der Waals surface area contributed by atoms with Crippen LogP contribution in [0, 0.1) is 0 Å². The van der Waals surface area contributed by atoms with E-state index in [1.54, 1.807) is 7.11 Å². The van der Waals surface area contributed by atoms with Gasteiger partial charge in [-0.25, -0.2) is 0 Å². The number of rotatable bonds is 2. The lowest BCUT2D eigenvalue weighted by atomic mass is 9.75. The van der Waals surface area contributed by atoms with Crippen LogP contribution in [0.4, 0.5) is 0 Å².